The molecule has 0 spiro atoms. The van der Waals surface area contributed by atoms with E-state index in [1.807, 2.05) is 0 Å². The first-order valence-electron chi connectivity index (χ1n) is 2.29. The fraction of sp³-hybridized carbons (Fsp3) is 0. The molecule has 1 aromatic rings. The molecular formula is C4H5N3O2. The summed E-state index contributed by atoms with van der Waals surface area (Å²) in [4.78, 5) is 12.3. The van der Waals surface area contributed by atoms with E-state index in [0.29, 0.717) is 0 Å². The van der Waals surface area contributed by atoms with E-state index in [2.05, 4.69) is 10.2 Å². The van der Waals surface area contributed by atoms with Crippen molar-refractivity contribution in [1.29, 1.82) is 0 Å². The molecule has 9 heavy (non-hydrogen) atoms. The van der Waals surface area contributed by atoms with Crippen molar-refractivity contribution in [3.63, 3.8) is 0 Å². The average molecular weight is 127 g/mol. The Hall–Kier alpha value is -1.36. The van der Waals surface area contributed by atoms with E-state index in [0.717, 1.165) is 0 Å². The van der Waals surface area contributed by atoms with Crippen molar-refractivity contribution in [1.82, 2.24) is 4.98 Å². The second-order valence-corrected chi connectivity index (χ2v) is 1.44. The second-order valence-electron chi connectivity index (χ2n) is 1.44. The fourth-order valence-corrected chi connectivity index (χ4v) is 0.526. The van der Waals surface area contributed by atoms with Crippen LogP contribution in [-0.2, 0) is 0 Å². The number of nitroso groups, excluding NO2 is 1. The number of hydrogen-bond acceptors (Lipinski definition) is 4. The largest absolute Gasteiger partial charge is 0.342 e. The van der Waals surface area contributed by atoms with Crippen LogP contribution in [0.25, 0.3) is 0 Å². The number of nitrogens with zero attached hydrogens (tertiary/aromatic N) is 1. The van der Waals surface area contributed by atoms with Gasteiger partial charge in [-0.15, -0.1) is 4.91 Å². The Bertz CT molecular complexity index is 207. The highest BCUT2D eigenvalue weighted by atomic mass is 16.5. The summed E-state index contributed by atoms with van der Waals surface area (Å²) in [7, 11) is 0. The highest BCUT2D eigenvalue weighted by molar-refractivity contribution is 5.59. The molecule has 0 saturated carbocycles. The minimum Gasteiger partial charge on any atom is -0.342 e. The van der Waals surface area contributed by atoms with E-state index >= 15 is 0 Å². The van der Waals surface area contributed by atoms with E-state index in [9.17, 15) is 4.91 Å². The van der Waals surface area contributed by atoms with Gasteiger partial charge in [0.15, 0.2) is 5.82 Å². The lowest BCUT2D eigenvalue weighted by atomic mass is 10.5. The molecule has 0 fully saturated rings. The summed E-state index contributed by atoms with van der Waals surface area (Å²) in [6.45, 7) is 0. The van der Waals surface area contributed by atoms with Gasteiger partial charge in [0.25, 0.3) is 0 Å². The number of aromatic nitrogens is 1. The van der Waals surface area contributed by atoms with E-state index in [1.165, 1.54) is 12.3 Å². The smallest absolute Gasteiger partial charge is 0.200 e. The molecule has 0 aliphatic rings. The van der Waals surface area contributed by atoms with E-state index in [-0.39, 0.29) is 11.5 Å². The van der Waals surface area contributed by atoms with E-state index < -0.39 is 0 Å². The van der Waals surface area contributed by atoms with Crippen LogP contribution < -0.4 is 5.48 Å². The molecule has 1 heterocycles. The molecule has 5 heteroatoms. The van der Waals surface area contributed by atoms with Gasteiger partial charge in [0, 0.05) is 6.20 Å². The lowest BCUT2D eigenvalue weighted by molar-refractivity contribution is 0.389. The number of aromatic amines is 1. The van der Waals surface area contributed by atoms with Gasteiger partial charge < -0.3 is 4.98 Å². The van der Waals surface area contributed by atoms with Crippen molar-refractivity contribution in [3.05, 3.63) is 17.2 Å². The number of nitrogens with one attached hydrogen (secondary N) is 2. The lowest BCUT2D eigenvalue weighted by Crippen LogP contribution is -1.85. The number of rotatable bonds is 2. The summed E-state index contributed by atoms with van der Waals surface area (Å²) in [6, 6.07) is 1.50. The Morgan fingerprint density at radius 3 is 3.00 bits per heavy atom. The third-order valence-corrected chi connectivity index (χ3v) is 0.937. The van der Waals surface area contributed by atoms with Gasteiger partial charge in [0.05, 0.1) is 0 Å². The standard InChI is InChI=1S/C4H5N3O2/c8-6-3-1-2-5-4(3)7-9/h1-2,5-6,8H. The Morgan fingerprint density at radius 1 is 1.78 bits per heavy atom. The van der Waals surface area contributed by atoms with Crippen molar-refractivity contribution in [2.45, 2.75) is 0 Å². The maximum absolute atomic E-state index is 9.81. The number of anilines is 1. The molecule has 0 unspecified atom stereocenters. The molecule has 0 atom stereocenters. The summed E-state index contributed by atoms with van der Waals surface area (Å²) < 4.78 is 0. The zero-order valence-electron chi connectivity index (χ0n) is 4.46. The molecule has 0 amide bonds. The van der Waals surface area contributed by atoms with E-state index in [1.54, 1.807) is 5.48 Å². The predicted molar refractivity (Wildman–Crippen MR) is 31.7 cm³/mol. The van der Waals surface area contributed by atoms with Crippen molar-refractivity contribution < 1.29 is 5.21 Å². The van der Waals surface area contributed by atoms with E-state index in [4.69, 9.17) is 5.21 Å². The van der Waals surface area contributed by atoms with Crippen LogP contribution in [0.15, 0.2) is 17.4 Å². The van der Waals surface area contributed by atoms with Crippen LogP contribution >= 0.6 is 0 Å². The molecular weight excluding hydrogens is 122 g/mol. The van der Waals surface area contributed by atoms with Gasteiger partial charge >= 0.3 is 0 Å². The molecule has 1 aromatic heterocycles. The van der Waals surface area contributed by atoms with Gasteiger partial charge in [0.2, 0.25) is 0 Å². The van der Waals surface area contributed by atoms with Crippen LogP contribution in [0, 0.1) is 4.91 Å². The van der Waals surface area contributed by atoms with Crippen LogP contribution in [0.3, 0.4) is 0 Å². The van der Waals surface area contributed by atoms with Crippen LogP contribution in [0.1, 0.15) is 0 Å². The maximum atomic E-state index is 9.81. The van der Waals surface area contributed by atoms with Crippen LogP contribution in [0.2, 0.25) is 0 Å². The molecule has 5 nitrogen and oxygen atoms in total. The molecule has 0 aliphatic heterocycles. The Morgan fingerprint density at radius 2 is 2.56 bits per heavy atom. The fourth-order valence-electron chi connectivity index (χ4n) is 0.526. The molecule has 0 aliphatic carbocycles. The third kappa shape index (κ3) is 0.895. The second kappa shape index (κ2) is 2.27. The maximum Gasteiger partial charge on any atom is 0.200 e. The first kappa shape index (κ1) is 5.77. The van der Waals surface area contributed by atoms with Gasteiger partial charge in [-0.05, 0) is 11.2 Å². The van der Waals surface area contributed by atoms with Gasteiger partial charge in [0.1, 0.15) is 5.69 Å². The molecule has 0 bridgehead atoms. The van der Waals surface area contributed by atoms with Gasteiger partial charge in [-0.1, -0.05) is 0 Å². The molecule has 0 saturated heterocycles. The normalized spacial score (nSPS) is 9.00. The Balaban J connectivity index is 2.98. The highest BCUT2D eigenvalue weighted by Crippen LogP contribution is 2.20. The van der Waals surface area contributed by atoms with Crippen molar-refractivity contribution >= 4 is 11.5 Å². The molecule has 48 valence electrons. The zero-order chi connectivity index (χ0) is 6.69. The first-order valence-corrected chi connectivity index (χ1v) is 2.29. The predicted octanol–water partition coefficient (Wildman–Crippen LogP) is 1.21. The molecule has 3 N–H and O–H groups in total. The molecule has 0 aromatic carbocycles. The van der Waals surface area contributed by atoms with Crippen molar-refractivity contribution in [2.75, 3.05) is 5.48 Å². The van der Waals surface area contributed by atoms with Gasteiger partial charge in [-0.3, -0.25) is 10.7 Å². The molecule has 0 radical (unpaired) electrons. The Labute approximate surface area is 50.6 Å². The highest BCUT2D eigenvalue weighted by Gasteiger charge is 1.99. The minimum atomic E-state index is 0.0949. The number of hydrogen-bond donors (Lipinski definition) is 3. The van der Waals surface area contributed by atoms with Crippen LogP contribution in [0.4, 0.5) is 11.5 Å². The minimum absolute atomic E-state index is 0.0949. The summed E-state index contributed by atoms with van der Waals surface area (Å²) in [5.41, 5.74) is 2.08. The van der Waals surface area contributed by atoms with Crippen LogP contribution in [0.5, 0.6) is 0 Å². The monoisotopic (exact) mass is 127 g/mol. The third-order valence-electron chi connectivity index (χ3n) is 0.937. The zero-order valence-corrected chi connectivity index (χ0v) is 4.46. The van der Waals surface area contributed by atoms with Crippen LogP contribution in [-0.4, -0.2) is 10.2 Å². The Kier molecular flexibility index (Phi) is 1.46. The quantitative estimate of drug-likeness (QED) is 0.412. The average Bonchev–Trinajstić information content (AvgIpc) is 2.33. The van der Waals surface area contributed by atoms with Crippen molar-refractivity contribution in [2.24, 2.45) is 5.18 Å². The van der Waals surface area contributed by atoms with Crippen molar-refractivity contribution in [3.8, 4) is 0 Å². The first-order chi connectivity index (χ1) is 4.38. The summed E-state index contributed by atoms with van der Waals surface area (Å²) in [5, 5.41) is 10.8. The SMILES string of the molecule is O=Nc1[nH]ccc1NO. The topological polar surface area (TPSA) is 77.5 Å². The lowest BCUT2D eigenvalue weighted by Gasteiger charge is -1.89. The summed E-state index contributed by atoms with van der Waals surface area (Å²) >= 11 is 0. The summed E-state index contributed by atoms with van der Waals surface area (Å²) in [6.07, 6.45) is 1.50. The van der Waals surface area contributed by atoms with Gasteiger partial charge in [-0.25, -0.2) is 0 Å². The van der Waals surface area contributed by atoms with Gasteiger partial charge in [-0.2, -0.15) is 0 Å². The molecule has 1 rings (SSSR count). The summed E-state index contributed by atoms with van der Waals surface area (Å²) in [5.74, 6) is 0.0949. The number of H-pyrrole nitrogens is 1.